The first kappa shape index (κ1) is 17.6. The van der Waals surface area contributed by atoms with E-state index in [4.69, 9.17) is 4.74 Å². The molecule has 108 valence electrons. The van der Waals surface area contributed by atoms with Gasteiger partial charge < -0.3 is 4.74 Å². The molecule has 0 fully saturated rings. The van der Waals surface area contributed by atoms with Gasteiger partial charge >= 0.3 is 0 Å². The van der Waals surface area contributed by atoms with Crippen LogP contribution in [0.3, 0.4) is 0 Å². The molecule has 0 radical (unpaired) electrons. The zero-order valence-corrected chi connectivity index (χ0v) is 25.6. The van der Waals surface area contributed by atoms with Gasteiger partial charge in [-0.2, -0.15) is 0 Å². The van der Waals surface area contributed by atoms with Crippen molar-refractivity contribution in [3.8, 4) is 5.75 Å². The van der Waals surface area contributed by atoms with Crippen LogP contribution in [0, 0.1) is 0 Å². The average Bonchev–Trinajstić information content (AvgIpc) is 2.50. The summed E-state index contributed by atoms with van der Waals surface area (Å²) in [6, 6.07) is 12.0. The first-order valence-electron chi connectivity index (χ1n) is 7.20. The summed E-state index contributed by atoms with van der Waals surface area (Å²) in [7, 11) is 7.18. The van der Waals surface area contributed by atoms with E-state index in [1.165, 1.54) is 57.0 Å². The molecular formula is C13H26OSi6. The highest BCUT2D eigenvalue weighted by Crippen LogP contribution is 1.95. The van der Waals surface area contributed by atoms with Crippen molar-refractivity contribution < 1.29 is 4.74 Å². The van der Waals surface area contributed by atoms with E-state index in [1.54, 1.807) is 25.9 Å². The first-order chi connectivity index (χ1) is 9.50. The molecule has 0 aliphatic heterocycles. The van der Waals surface area contributed by atoms with Gasteiger partial charge in [-0.05, 0) is 10.4 Å². The van der Waals surface area contributed by atoms with E-state index in [0.29, 0.717) is 0 Å². The van der Waals surface area contributed by atoms with Crippen LogP contribution in [0.4, 0.5) is 0 Å². The summed E-state index contributed by atoms with van der Waals surface area (Å²) in [4.78, 5) is 0. The Bertz CT molecular complexity index is 503. The van der Waals surface area contributed by atoms with Crippen molar-refractivity contribution in [2.45, 2.75) is 0 Å². The number of rotatable bonds is 2. The van der Waals surface area contributed by atoms with Crippen molar-refractivity contribution in [2.24, 2.45) is 0 Å². The van der Waals surface area contributed by atoms with Gasteiger partial charge in [0.15, 0.2) is 0 Å². The van der Waals surface area contributed by atoms with Crippen LogP contribution in [-0.4, -0.2) is 67.7 Å². The molecule has 2 aromatic carbocycles. The van der Waals surface area contributed by atoms with Gasteiger partial charge in [0, 0.05) is 51.2 Å². The van der Waals surface area contributed by atoms with Gasteiger partial charge in [-0.1, -0.05) is 52.0 Å². The van der Waals surface area contributed by atoms with Crippen molar-refractivity contribution in [1.82, 2.24) is 0 Å². The molecule has 1 nitrogen and oxygen atoms in total. The van der Waals surface area contributed by atoms with Crippen molar-refractivity contribution >= 4 is 87.4 Å². The Labute approximate surface area is 140 Å². The van der Waals surface area contributed by atoms with E-state index in [2.05, 4.69) is 0 Å². The zero-order chi connectivity index (χ0) is 15.1. The van der Waals surface area contributed by atoms with E-state index in [0.717, 1.165) is 16.5 Å². The van der Waals surface area contributed by atoms with E-state index in [1.807, 2.05) is 36.4 Å². The normalized spacial score (nSPS) is 10.6. The van der Waals surface area contributed by atoms with Crippen molar-refractivity contribution in [3.63, 3.8) is 0 Å². The van der Waals surface area contributed by atoms with Crippen LogP contribution in [0.15, 0.2) is 36.4 Å². The maximum absolute atomic E-state index is 5.88. The third-order valence-corrected chi connectivity index (χ3v) is 15.1. The lowest BCUT2D eigenvalue weighted by Crippen LogP contribution is -2.54. The largest absolute Gasteiger partial charge is 0.499 e. The highest BCUT2D eigenvalue weighted by molar-refractivity contribution is 6.67. The van der Waals surface area contributed by atoms with Gasteiger partial charge in [-0.3, -0.25) is 0 Å². The van der Waals surface area contributed by atoms with Gasteiger partial charge in [-0.15, -0.1) is 0 Å². The summed E-state index contributed by atoms with van der Waals surface area (Å²) in [5.74, 6) is 1.33. The molecule has 0 saturated heterocycles. The Kier molecular flexibility index (Phi) is 7.69. The topological polar surface area (TPSA) is 9.23 Å². The minimum Gasteiger partial charge on any atom is -0.499 e. The zero-order valence-electron chi connectivity index (χ0n) is 13.6. The molecule has 0 amide bonds. The van der Waals surface area contributed by atoms with Crippen LogP contribution in [0.25, 0.3) is 0 Å². The predicted molar refractivity (Wildman–Crippen MR) is 116 cm³/mol. The second-order valence-corrected chi connectivity index (χ2v) is 10.6. The van der Waals surface area contributed by atoms with Gasteiger partial charge in [0.05, 0.1) is 16.5 Å². The van der Waals surface area contributed by atoms with Crippen molar-refractivity contribution in [2.75, 3.05) is 6.23 Å². The van der Waals surface area contributed by atoms with Gasteiger partial charge in [0.1, 0.15) is 5.75 Å². The standard InChI is InChI=1S/C7H20OSi6.C6H6/c9-1-8-2-3(10)5(12)7(14)6(13)4(2)11;1-2-4-6-5-3-1/h1H2,9-14H3;1-6H. The Morgan fingerprint density at radius 1 is 0.600 bits per heavy atom. The molecule has 7 heteroatoms. The molecule has 0 aromatic heterocycles. The molecule has 0 saturated carbocycles. The fraction of sp³-hybridized carbons (Fsp3) is 0.0769. The lowest BCUT2D eigenvalue weighted by molar-refractivity contribution is 0.394. The minimum atomic E-state index is 0.965. The van der Waals surface area contributed by atoms with E-state index < -0.39 is 0 Å². The first-order valence-corrected chi connectivity index (χ1v) is 13.6. The van der Waals surface area contributed by atoms with E-state index >= 15 is 0 Å². The number of benzene rings is 2. The molecule has 0 heterocycles. The fourth-order valence-corrected chi connectivity index (χ4v) is 8.24. The second kappa shape index (κ2) is 8.75. The van der Waals surface area contributed by atoms with Gasteiger partial charge in [-0.25, -0.2) is 0 Å². The molecule has 20 heavy (non-hydrogen) atoms. The fourth-order valence-electron chi connectivity index (χ4n) is 2.21. The molecule has 0 spiro atoms. The highest BCUT2D eigenvalue weighted by atomic mass is 28.2. The Hall–Kier alpha value is -0.459. The molecule has 2 aromatic rings. The van der Waals surface area contributed by atoms with Gasteiger partial charge in [0.2, 0.25) is 0 Å². The minimum absolute atomic E-state index is 0.965. The van der Waals surface area contributed by atoms with Crippen LogP contribution in [0.2, 0.25) is 0 Å². The maximum Gasteiger partial charge on any atom is 0.114 e. The Morgan fingerprint density at radius 2 is 0.900 bits per heavy atom. The molecule has 0 N–H and O–H groups in total. The summed E-state index contributed by atoms with van der Waals surface area (Å²) in [6.07, 6.45) is 0.965. The molecular weight excluding hydrogens is 341 g/mol. The van der Waals surface area contributed by atoms with E-state index in [-0.39, 0.29) is 0 Å². The molecule has 0 unspecified atom stereocenters. The average molecular weight is 367 g/mol. The van der Waals surface area contributed by atoms with Crippen molar-refractivity contribution in [3.05, 3.63) is 36.4 Å². The van der Waals surface area contributed by atoms with Crippen LogP contribution >= 0.6 is 0 Å². The summed E-state index contributed by atoms with van der Waals surface area (Å²) < 4.78 is 5.88. The monoisotopic (exact) mass is 366 g/mol. The molecule has 0 aliphatic carbocycles. The smallest absolute Gasteiger partial charge is 0.114 e. The SMILES string of the molecule is [SiH3]COc1c([SiH3])c([SiH3])c([SiH3])c([SiH3])c1[SiH3].c1ccccc1. The number of ether oxygens (including phenoxy) is 1. The molecule has 0 bridgehead atoms. The molecule has 2 rings (SSSR count). The lowest BCUT2D eigenvalue weighted by atomic mass is 10.3. The quantitative estimate of drug-likeness (QED) is 0.480. The van der Waals surface area contributed by atoms with Crippen LogP contribution in [0.1, 0.15) is 0 Å². The summed E-state index contributed by atoms with van der Waals surface area (Å²) in [6.45, 7) is 0. The molecule has 0 atom stereocenters. The number of hydrogen-bond acceptors (Lipinski definition) is 1. The van der Waals surface area contributed by atoms with E-state index in [9.17, 15) is 0 Å². The van der Waals surface area contributed by atoms with Gasteiger partial charge in [0.25, 0.3) is 0 Å². The number of hydrogen-bond donors (Lipinski definition) is 0. The summed E-state index contributed by atoms with van der Waals surface area (Å²) >= 11 is 0. The summed E-state index contributed by atoms with van der Waals surface area (Å²) in [5, 5.41) is 8.32. The molecule has 0 aliphatic rings. The van der Waals surface area contributed by atoms with Crippen LogP contribution in [-0.2, 0) is 0 Å². The third-order valence-electron chi connectivity index (χ3n) is 3.89. The highest BCUT2D eigenvalue weighted by Gasteiger charge is 2.11. The Balaban J connectivity index is 0.000000276. The van der Waals surface area contributed by atoms with Crippen LogP contribution in [0.5, 0.6) is 5.75 Å². The summed E-state index contributed by atoms with van der Waals surface area (Å²) in [5.41, 5.74) is 0. The van der Waals surface area contributed by atoms with Crippen molar-refractivity contribution in [1.29, 1.82) is 0 Å². The third kappa shape index (κ3) is 4.53. The second-order valence-electron chi connectivity index (χ2n) is 5.04. The maximum atomic E-state index is 5.88. The predicted octanol–water partition coefficient (Wildman–Crippen LogP) is -7.97. The Morgan fingerprint density at radius 3 is 1.20 bits per heavy atom. The van der Waals surface area contributed by atoms with Crippen LogP contribution < -0.4 is 30.7 Å². The lowest BCUT2D eigenvalue weighted by Gasteiger charge is -2.19.